The van der Waals surface area contributed by atoms with Crippen LogP contribution in [0.2, 0.25) is 0 Å². The summed E-state index contributed by atoms with van der Waals surface area (Å²) in [5.41, 5.74) is 5.16. The number of rotatable bonds is 4. The second kappa shape index (κ2) is 6.19. The molecule has 0 spiro atoms. The molecule has 0 radical (unpaired) electrons. The van der Waals surface area contributed by atoms with Crippen LogP contribution in [0.3, 0.4) is 0 Å². The van der Waals surface area contributed by atoms with Gasteiger partial charge in [-0.3, -0.25) is 0 Å². The second-order valence-electron chi connectivity index (χ2n) is 5.58. The minimum Gasteiger partial charge on any atom is -0.486 e. The molecular formula is C18H21NO2. The standard InChI is InChI=1S/C18H21NO2/c1-13-7-14(2)9-16(8-13)12-19-11-15-3-4-17-18(10-15)21-6-5-20-17/h3-4,7-10,19H,5-6,11-12H2,1-2H3. The quantitative estimate of drug-likeness (QED) is 0.933. The summed E-state index contributed by atoms with van der Waals surface area (Å²) in [7, 11) is 0. The van der Waals surface area contributed by atoms with E-state index in [0.717, 1.165) is 24.6 Å². The molecule has 1 aliphatic rings. The summed E-state index contributed by atoms with van der Waals surface area (Å²) in [5, 5.41) is 3.48. The number of benzene rings is 2. The zero-order chi connectivity index (χ0) is 14.7. The Morgan fingerprint density at radius 2 is 1.48 bits per heavy atom. The van der Waals surface area contributed by atoms with Gasteiger partial charge in [0, 0.05) is 13.1 Å². The molecule has 0 amide bonds. The summed E-state index contributed by atoms with van der Waals surface area (Å²) in [6.45, 7) is 7.24. The summed E-state index contributed by atoms with van der Waals surface area (Å²) >= 11 is 0. The molecule has 1 N–H and O–H groups in total. The van der Waals surface area contributed by atoms with Crippen LogP contribution in [0, 0.1) is 13.8 Å². The van der Waals surface area contributed by atoms with Crippen molar-refractivity contribution in [3.63, 3.8) is 0 Å². The van der Waals surface area contributed by atoms with Crippen LogP contribution in [0.1, 0.15) is 22.3 Å². The molecule has 0 atom stereocenters. The average molecular weight is 283 g/mol. The van der Waals surface area contributed by atoms with Gasteiger partial charge >= 0.3 is 0 Å². The van der Waals surface area contributed by atoms with Crippen LogP contribution in [0.4, 0.5) is 0 Å². The van der Waals surface area contributed by atoms with E-state index < -0.39 is 0 Å². The van der Waals surface area contributed by atoms with Crippen LogP contribution in [0.15, 0.2) is 36.4 Å². The van der Waals surface area contributed by atoms with Crippen molar-refractivity contribution in [3.05, 3.63) is 58.7 Å². The first-order valence-corrected chi connectivity index (χ1v) is 7.37. The maximum Gasteiger partial charge on any atom is 0.161 e. The Balaban J connectivity index is 1.60. The van der Waals surface area contributed by atoms with Gasteiger partial charge < -0.3 is 14.8 Å². The largest absolute Gasteiger partial charge is 0.486 e. The molecule has 1 aliphatic heterocycles. The summed E-state index contributed by atoms with van der Waals surface area (Å²) in [6.07, 6.45) is 0. The zero-order valence-electron chi connectivity index (χ0n) is 12.6. The van der Waals surface area contributed by atoms with Gasteiger partial charge in [0.25, 0.3) is 0 Å². The van der Waals surface area contributed by atoms with E-state index in [-0.39, 0.29) is 0 Å². The molecule has 0 unspecified atom stereocenters. The minimum atomic E-state index is 0.631. The third-order valence-corrected chi connectivity index (χ3v) is 3.55. The van der Waals surface area contributed by atoms with Gasteiger partial charge in [-0.2, -0.15) is 0 Å². The van der Waals surface area contributed by atoms with Crippen LogP contribution in [0.25, 0.3) is 0 Å². The van der Waals surface area contributed by atoms with E-state index in [4.69, 9.17) is 9.47 Å². The number of aryl methyl sites for hydroxylation is 2. The lowest BCUT2D eigenvalue weighted by atomic mass is 10.1. The van der Waals surface area contributed by atoms with Gasteiger partial charge in [-0.25, -0.2) is 0 Å². The van der Waals surface area contributed by atoms with Crippen molar-refractivity contribution in [2.45, 2.75) is 26.9 Å². The monoisotopic (exact) mass is 283 g/mol. The van der Waals surface area contributed by atoms with Crippen LogP contribution in [-0.2, 0) is 13.1 Å². The molecule has 0 saturated carbocycles. The van der Waals surface area contributed by atoms with E-state index in [1.807, 2.05) is 6.07 Å². The fraction of sp³-hybridized carbons (Fsp3) is 0.333. The third kappa shape index (κ3) is 3.56. The van der Waals surface area contributed by atoms with Gasteiger partial charge in [0.05, 0.1) is 0 Å². The van der Waals surface area contributed by atoms with E-state index in [0.29, 0.717) is 13.2 Å². The molecule has 21 heavy (non-hydrogen) atoms. The van der Waals surface area contributed by atoms with Gasteiger partial charge in [-0.1, -0.05) is 35.4 Å². The van der Waals surface area contributed by atoms with Gasteiger partial charge in [0.2, 0.25) is 0 Å². The summed E-state index contributed by atoms with van der Waals surface area (Å²) < 4.78 is 11.1. The second-order valence-corrected chi connectivity index (χ2v) is 5.58. The summed E-state index contributed by atoms with van der Waals surface area (Å²) in [4.78, 5) is 0. The molecule has 0 aliphatic carbocycles. The molecule has 2 aromatic rings. The van der Waals surface area contributed by atoms with E-state index in [9.17, 15) is 0 Å². The highest BCUT2D eigenvalue weighted by Crippen LogP contribution is 2.30. The fourth-order valence-corrected chi connectivity index (χ4v) is 2.72. The van der Waals surface area contributed by atoms with Crippen molar-refractivity contribution in [1.82, 2.24) is 5.32 Å². The maximum absolute atomic E-state index is 5.61. The molecule has 110 valence electrons. The highest BCUT2D eigenvalue weighted by molar-refractivity contribution is 5.43. The van der Waals surface area contributed by atoms with E-state index >= 15 is 0 Å². The molecule has 3 heteroatoms. The minimum absolute atomic E-state index is 0.631. The Labute approximate surface area is 125 Å². The number of fused-ring (bicyclic) bond motifs is 1. The first-order chi connectivity index (χ1) is 10.2. The number of hydrogen-bond donors (Lipinski definition) is 1. The highest BCUT2D eigenvalue weighted by Gasteiger charge is 2.11. The lowest BCUT2D eigenvalue weighted by Crippen LogP contribution is -2.16. The zero-order valence-corrected chi connectivity index (χ0v) is 12.6. The molecule has 0 bridgehead atoms. The predicted molar refractivity (Wildman–Crippen MR) is 83.9 cm³/mol. The highest BCUT2D eigenvalue weighted by atomic mass is 16.6. The van der Waals surface area contributed by atoms with Gasteiger partial charge in [0.15, 0.2) is 11.5 Å². The molecule has 3 nitrogen and oxygen atoms in total. The van der Waals surface area contributed by atoms with Crippen molar-refractivity contribution < 1.29 is 9.47 Å². The number of ether oxygens (including phenoxy) is 2. The smallest absolute Gasteiger partial charge is 0.161 e. The fourth-order valence-electron chi connectivity index (χ4n) is 2.72. The Morgan fingerprint density at radius 3 is 2.24 bits per heavy atom. The molecule has 0 fully saturated rings. The van der Waals surface area contributed by atoms with Crippen molar-refractivity contribution in [2.24, 2.45) is 0 Å². The summed E-state index contributed by atoms with van der Waals surface area (Å²) in [6, 6.07) is 12.8. The Hall–Kier alpha value is -2.00. The molecule has 0 aromatic heterocycles. The van der Waals surface area contributed by atoms with Crippen LogP contribution < -0.4 is 14.8 Å². The van der Waals surface area contributed by atoms with Crippen molar-refractivity contribution >= 4 is 0 Å². The van der Waals surface area contributed by atoms with E-state index in [1.54, 1.807) is 0 Å². The third-order valence-electron chi connectivity index (χ3n) is 3.55. The SMILES string of the molecule is Cc1cc(C)cc(CNCc2ccc3c(c2)OCCO3)c1. The number of hydrogen-bond acceptors (Lipinski definition) is 3. The molecule has 3 rings (SSSR count). The Morgan fingerprint density at radius 1 is 0.810 bits per heavy atom. The Kier molecular flexibility index (Phi) is 4.11. The summed E-state index contributed by atoms with van der Waals surface area (Å²) in [5.74, 6) is 1.70. The number of nitrogens with one attached hydrogen (secondary N) is 1. The lowest BCUT2D eigenvalue weighted by Gasteiger charge is -2.19. The average Bonchev–Trinajstić information content (AvgIpc) is 2.46. The van der Waals surface area contributed by atoms with E-state index in [2.05, 4.69) is 49.5 Å². The van der Waals surface area contributed by atoms with Gasteiger partial charge in [0.1, 0.15) is 13.2 Å². The molecular weight excluding hydrogens is 262 g/mol. The molecule has 2 aromatic carbocycles. The molecule has 0 saturated heterocycles. The van der Waals surface area contributed by atoms with E-state index in [1.165, 1.54) is 22.3 Å². The topological polar surface area (TPSA) is 30.5 Å². The predicted octanol–water partition coefficient (Wildman–Crippen LogP) is 3.36. The van der Waals surface area contributed by atoms with Crippen LogP contribution in [-0.4, -0.2) is 13.2 Å². The van der Waals surface area contributed by atoms with Crippen LogP contribution >= 0.6 is 0 Å². The normalized spacial score (nSPS) is 13.2. The van der Waals surface area contributed by atoms with Gasteiger partial charge in [-0.05, 0) is 37.1 Å². The van der Waals surface area contributed by atoms with Crippen molar-refractivity contribution in [1.29, 1.82) is 0 Å². The first kappa shape index (κ1) is 14.0. The molecule has 1 heterocycles. The van der Waals surface area contributed by atoms with Crippen LogP contribution in [0.5, 0.6) is 11.5 Å². The maximum atomic E-state index is 5.61. The Bertz CT molecular complexity index is 617. The van der Waals surface area contributed by atoms with Crippen molar-refractivity contribution in [2.75, 3.05) is 13.2 Å². The first-order valence-electron chi connectivity index (χ1n) is 7.37. The lowest BCUT2D eigenvalue weighted by molar-refractivity contribution is 0.171. The van der Waals surface area contributed by atoms with Gasteiger partial charge in [-0.15, -0.1) is 0 Å². The van der Waals surface area contributed by atoms with Crippen molar-refractivity contribution in [3.8, 4) is 11.5 Å².